The summed E-state index contributed by atoms with van der Waals surface area (Å²) in [6.45, 7) is 5.44. The summed E-state index contributed by atoms with van der Waals surface area (Å²) in [5, 5.41) is 4.32. The third-order valence-electron chi connectivity index (χ3n) is 6.21. The molecule has 9 nitrogen and oxygen atoms in total. The average molecular weight is 447 g/mol. The fourth-order valence-electron chi connectivity index (χ4n) is 4.44. The quantitative estimate of drug-likeness (QED) is 0.745. The topological polar surface area (TPSA) is 90.8 Å². The largest absolute Gasteiger partial charge is 0.339 e. The van der Waals surface area contributed by atoms with E-state index in [1.54, 1.807) is 16.6 Å². The highest BCUT2D eigenvalue weighted by Crippen LogP contribution is 2.30. The molecule has 0 spiro atoms. The van der Waals surface area contributed by atoms with Gasteiger partial charge in [-0.1, -0.05) is 30.3 Å². The highest BCUT2D eigenvalue weighted by Gasteiger charge is 2.43. The highest BCUT2D eigenvalue weighted by molar-refractivity contribution is 7.87. The number of rotatable bonds is 4. The van der Waals surface area contributed by atoms with Gasteiger partial charge < -0.3 is 4.90 Å². The van der Waals surface area contributed by atoms with Crippen molar-refractivity contribution in [2.45, 2.75) is 32.0 Å². The van der Waals surface area contributed by atoms with Gasteiger partial charge >= 0.3 is 0 Å². The van der Waals surface area contributed by atoms with Crippen molar-refractivity contribution in [2.75, 3.05) is 33.2 Å². The molecule has 0 radical (unpaired) electrons. The van der Waals surface area contributed by atoms with Crippen molar-refractivity contribution in [3.63, 3.8) is 0 Å². The molecule has 31 heavy (non-hydrogen) atoms. The second-order valence-electron chi connectivity index (χ2n) is 8.37. The third-order valence-corrected chi connectivity index (χ3v) is 7.81. The standard InChI is InChI=1S/C21H30N6O3S/c1-16-18(15-24(2)22-16)19-13-20(25(3)31(29,30)23-19)21(28)27-11-9-26(10-12-27)14-17-7-5-4-6-8-17/h4-8,15,19-20,23H,9-14H2,1-3H3/t19-,20-/m1/s1. The molecule has 2 fully saturated rings. The summed E-state index contributed by atoms with van der Waals surface area (Å²) in [5.74, 6) is -0.126. The number of aryl methyl sites for hydroxylation is 2. The van der Waals surface area contributed by atoms with Gasteiger partial charge in [0.1, 0.15) is 6.04 Å². The molecule has 3 heterocycles. The van der Waals surface area contributed by atoms with Crippen LogP contribution >= 0.6 is 0 Å². The van der Waals surface area contributed by atoms with Crippen molar-refractivity contribution in [3.8, 4) is 0 Å². The van der Waals surface area contributed by atoms with Crippen LogP contribution in [0.5, 0.6) is 0 Å². The molecule has 168 valence electrons. The van der Waals surface area contributed by atoms with Gasteiger partial charge in [-0.15, -0.1) is 0 Å². The third kappa shape index (κ3) is 4.67. The van der Waals surface area contributed by atoms with Gasteiger partial charge in [-0.25, -0.2) is 0 Å². The van der Waals surface area contributed by atoms with E-state index in [-0.39, 0.29) is 5.91 Å². The Hall–Kier alpha value is -2.27. The summed E-state index contributed by atoms with van der Waals surface area (Å²) in [7, 11) is -0.484. The summed E-state index contributed by atoms with van der Waals surface area (Å²) in [4.78, 5) is 17.5. The fraction of sp³-hybridized carbons (Fsp3) is 0.524. The minimum absolute atomic E-state index is 0.126. The predicted molar refractivity (Wildman–Crippen MR) is 117 cm³/mol. The smallest absolute Gasteiger partial charge is 0.280 e. The number of hydrogen-bond donors (Lipinski definition) is 1. The molecule has 2 atom stereocenters. The van der Waals surface area contributed by atoms with Gasteiger partial charge in [-0.2, -0.15) is 22.5 Å². The van der Waals surface area contributed by atoms with Crippen molar-refractivity contribution in [3.05, 3.63) is 53.3 Å². The number of hydrogen-bond acceptors (Lipinski definition) is 5. The van der Waals surface area contributed by atoms with Gasteiger partial charge in [-0.3, -0.25) is 14.4 Å². The summed E-state index contributed by atoms with van der Waals surface area (Å²) in [6, 6.07) is 9.08. The van der Waals surface area contributed by atoms with Gasteiger partial charge in [0.2, 0.25) is 5.91 Å². The number of nitrogens with zero attached hydrogens (tertiary/aromatic N) is 5. The van der Waals surface area contributed by atoms with Crippen LogP contribution in [-0.4, -0.2) is 77.5 Å². The first-order valence-electron chi connectivity index (χ1n) is 10.5. The van der Waals surface area contributed by atoms with Gasteiger partial charge in [0.15, 0.2) is 0 Å². The number of carbonyl (C=O) groups is 1. The van der Waals surface area contributed by atoms with Crippen LogP contribution in [0.25, 0.3) is 0 Å². The van der Waals surface area contributed by atoms with E-state index < -0.39 is 22.3 Å². The van der Waals surface area contributed by atoms with Crippen LogP contribution in [0.4, 0.5) is 0 Å². The van der Waals surface area contributed by atoms with Crippen molar-refractivity contribution < 1.29 is 13.2 Å². The zero-order chi connectivity index (χ0) is 22.2. The summed E-state index contributed by atoms with van der Waals surface area (Å²) in [6.07, 6.45) is 2.20. The van der Waals surface area contributed by atoms with Crippen molar-refractivity contribution in [1.82, 2.24) is 28.6 Å². The van der Waals surface area contributed by atoms with Crippen LogP contribution in [0.2, 0.25) is 0 Å². The Morgan fingerprint density at radius 2 is 1.81 bits per heavy atom. The molecule has 0 bridgehead atoms. The summed E-state index contributed by atoms with van der Waals surface area (Å²) >= 11 is 0. The maximum atomic E-state index is 13.3. The van der Waals surface area contributed by atoms with Crippen molar-refractivity contribution >= 4 is 16.1 Å². The molecule has 2 aliphatic heterocycles. The minimum atomic E-state index is -3.76. The fourth-order valence-corrected chi connectivity index (χ4v) is 5.70. The van der Waals surface area contributed by atoms with E-state index >= 15 is 0 Å². The molecule has 0 aliphatic carbocycles. The Labute approximate surface area is 183 Å². The maximum absolute atomic E-state index is 13.3. The molecule has 1 N–H and O–H groups in total. The van der Waals surface area contributed by atoms with Crippen LogP contribution < -0.4 is 4.72 Å². The van der Waals surface area contributed by atoms with E-state index in [4.69, 9.17) is 0 Å². The monoisotopic (exact) mass is 446 g/mol. The van der Waals surface area contributed by atoms with Gasteiger partial charge in [0, 0.05) is 58.6 Å². The highest BCUT2D eigenvalue weighted by atomic mass is 32.2. The number of amides is 1. The first-order chi connectivity index (χ1) is 14.7. The summed E-state index contributed by atoms with van der Waals surface area (Å²) in [5.41, 5.74) is 2.83. The van der Waals surface area contributed by atoms with Crippen LogP contribution in [-0.2, 0) is 28.6 Å². The molecule has 0 unspecified atom stereocenters. The number of aromatic nitrogens is 2. The van der Waals surface area contributed by atoms with Crippen LogP contribution in [0.3, 0.4) is 0 Å². The van der Waals surface area contributed by atoms with E-state index in [1.165, 1.54) is 16.9 Å². The molecule has 2 aromatic rings. The van der Waals surface area contributed by atoms with E-state index in [0.29, 0.717) is 19.5 Å². The molecule has 2 aliphatic rings. The second-order valence-corrected chi connectivity index (χ2v) is 10.1. The lowest BCUT2D eigenvalue weighted by Gasteiger charge is -2.41. The average Bonchev–Trinajstić information content (AvgIpc) is 3.09. The first-order valence-corrected chi connectivity index (χ1v) is 12.0. The Balaban J connectivity index is 1.44. The second kappa shape index (κ2) is 8.70. The zero-order valence-corrected chi connectivity index (χ0v) is 19.0. The first kappa shape index (κ1) is 21.9. The number of nitrogens with one attached hydrogen (secondary N) is 1. The molecule has 1 amide bonds. The molecule has 1 aromatic carbocycles. The molecule has 0 saturated carbocycles. The predicted octanol–water partition coefficient (Wildman–Crippen LogP) is 0.653. The lowest BCUT2D eigenvalue weighted by molar-refractivity contribution is -0.137. The van der Waals surface area contributed by atoms with Gasteiger partial charge in [-0.05, 0) is 18.9 Å². The molecule has 10 heteroatoms. The van der Waals surface area contributed by atoms with Crippen molar-refractivity contribution in [2.24, 2.45) is 7.05 Å². The molecule has 1 aromatic heterocycles. The Bertz CT molecular complexity index is 1030. The van der Waals surface area contributed by atoms with Gasteiger partial charge in [0.25, 0.3) is 10.2 Å². The molecular weight excluding hydrogens is 416 g/mol. The lowest BCUT2D eigenvalue weighted by Crippen LogP contribution is -2.60. The van der Waals surface area contributed by atoms with Gasteiger partial charge in [0.05, 0.1) is 11.7 Å². The summed E-state index contributed by atoms with van der Waals surface area (Å²) < 4.78 is 31.0. The lowest BCUT2D eigenvalue weighted by atomic mass is 9.99. The SMILES string of the molecule is Cc1nn(C)cc1[C@H]1C[C@H](C(=O)N2CCN(Cc3ccccc3)CC2)N(C)S(=O)(=O)N1. The normalized spacial score (nSPS) is 24.9. The van der Waals surface area contributed by atoms with Crippen LogP contribution in [0, 0.1) is 6.92 Å². The number of piperazine rings is 1. The molecule has 4 rings (SSSR count). The minimum Gasteiger partial charge on any atom is -0.339 e. The maximum Gasteiger partial charge on any atom is 0.280 e. The van der Waals surface area contributed by atoms with Crippen LogP contribution in [0.15, 0.2) is 36.5 Å². The van der Waals surface area contributed by atoms with E-state index in [0.717, 1.165) is 30.9 Å². The van der Waals surface area contributed by atoms with Crippen molar-refractivity contribution in [1.29, 1.82) is 0 Å². The molecular formula is C21H30N6O3S. The number of likely N-dealkylation sites (N-methyl/N-ethyl adjacent to an activating group) is 1. The Morgan fingerprint density at radius 3 is 2.42 bits per heavy atom. The number of benzene rings is 1. The van der Waals surface area contributed by atoms with E-state index in [9.17, 15) is 13.2 Å². The van der Waals surface area contributed by atoms with Crippen LogP contribution in [0.1, 0.15) is 29.3 Å². The number of carbonyl (C=O) groups excluding carboxylic acids is 1. The van der Waals surface area contributed by atoms with E-state index in [2.05, 4.69) is 26.9 Å². The Kier molecular flexibility index (Phi) is 6.16. The Morgan fingerprint density at radius 1 is 1.13 bits per heavy atom. The zero-order valence-electron chi connectivity index (χ0n) is 18.2. The molecule has 2 saturated heterocycles. The van der Waals surface area contributed by atoms with E-state index in [1.807, 2.05) is 31.3 Å².